The minimum Gasteiger partial charge on any atom is -0.323 e. The summed E-state index contributed by atoms with van der Waals surface area (Å²) in [5.74, 6) is 0.288. The Hall–Kier alpha value is -1.94. The Morgan fingerprint density at radius 3 is 2.92 bits per heavy atom. The van der Waals surface area contributed by atoms with Crippen molar-refractivity contribution in [2.45, 2.75) is 33.1 Å². The van der Waals surface area contributed by atoms with E-state index in [4.69, 9.17) is 23.8 Å². The van der Waals surface area contributed by atoms with Crippen LogP contribution in [0.3, 0.4) is 0 Å². The van der Waals surface area contributed by atoms with Crippen molar-refractivity contribution in [1.82, 2.24) is 5.32 Å². The molecule has 0 saturated carbocycles. The maximum absolute atomic E-state index is 12.3. The number of rotatable bonds is 2. The highest BCUT2D eigenvalue weighted by Crippen LogP contribution is 2.39. The lowest BCUT2D eigenvalue weighted by Crippen LogP contribution is -2.34. The summed E-state index contributed by atoms with van der Waals surface area (Å²) in [4.78, 5) is 13.6. The smallest absolute Gasteiger partial charge is 0.257 e. The van der Waals surface area contributed by atoms with Crippen molar-refractivity contribution in [3.63, 3.8) is 0 Å². The normalized spacial score (nSPS) is 15.7. The molecule has 1 heterocycles. The van der Waals surface area contributed by atoms with Crippen LogP contribution < -0.4 is 10.6 Å². The first-order chi connectivity index (χ1) is 12.4. The topological polar surface area (TPSA) is 64.9 Å². The fraction of sp³-hybridized carbons (Fsp3) is 0.316. The number of benzene rings is 1. The van der Waals surface area contributed by atoms with E-state index in [-0.39, 0.29) is 11.0 Å². The molecule has 26 heavy (non-hydrogen) atoms. The van der Waals surface area contributed by atoms with Gasteiger partial charge in [-0.2, -0.15) is 5.26 Å². The quantitative estimate of drug-likeness (QED) is 0.704. The number of nitriles is 1. The second kappa shape index (κ2) is 7.75. The van der Waals surface area contributed by atoms with Crippen LogP contribution in [0.1, 0.15) is 45.3 Å². The highest BCUT2D eigenvalue weighted by Gasteiger charge is 2.24. The number of carbonyl (C=O) groups is 1. The predicted octanol–water partition coefficient (Wildman–Crippen LogP) is 4.83. The number of nitrogens with one attached hydrogen (secondary N) is 2. The predicted molar refractivity (Wildman–Crippen MR) is 110 cm³/mol. The summed E-state index contributed by atoms with van der Waals surface area (Å²) in [6.45, 7) is 4.10. The molecular weight excluding hydrogens is 386 g/mol. The first-order valence-corrected chi connectivity index (χ1v) is 9.92. The average molecular weight is 404 g/mol. The van der Waals surface area contributed by atoms with Gasteiger partial charge in [-0.15, -0.1) is 11.3 Å². The van der Waals surface area contributed by atoms with Crippen molar-refractivity contribution in [1.29, 1.82) is 5.26 Å². The molecule has 1 atom stereocenters. The number of thiophene rings is 1. The Kier molecular flexibility index (Phi) is 5.61. The molecule has 2 aromatic rings. The highest BCUT2D eigenvalue weighted by molar-refractivity contribution is 7.80. The molecule has 1 aliphatic carbocycles. The number of thiocarbonyl (C=S) groups is 1. The molecule has 0 unspecified atom stereocenters. The molecule has 1 amide bonds. The summed E-state index contributed by atoms with van der Waals surface area (Å²) in [5.41, 5.74) is 3.11. The second-order valence-electron chi connectivity index (χ2n) is 6.54. The Bertz CT molecular complexity index is 930. The van der Waals surface area contributed by atoms with Crippen LogP contribution >= 0.6 is 35.2 Å². The largest absolute Gasteiger partial charge is 0.323 e. The maximum Gasteiger partial charge on any atom is 0.257 e. The monoisotopic (exact) mass is 403 g/mol. The van der Waals surface area contributed by atoms with Crippen molar-refractivity contribution in [3.8, 4) is 6.07 Å². The third-order valence-corrected chi connectivity index (χ3v) is 6.29. The van der Waals surface area contributed by atoms with Crippen LogP contribution in [0.5, 0.6) is 0 Å². The van der Waals surface area contributed by atoms with E-state index in [0.717, 1.165) is 30.4 Å². The molecule has 0 spiro atoms. The molecule has 2 N–H and O–H groups in total. The summed E-state index contributed by atoms with van der Waals surface area (Å²) < 4.78 is 0. The number of carbonyl (C=O) groups excluding carboxylic acids is 1. The fourth-order valence-corrected chi connectivity index (χ4v) is 4.81. The number of anilines is 1. The van der Waals surface area contributed by atoms with Crippen molar-refractivity contribution < 1.29 is 4.79 Å². The standard InChI is InChI=1S/C19H18ClN3OS2/c1-10-3-6-13-14(9-21)18(26-16(13)7-10)23-19(25)22-17(24)12-5-4-11(2)15(20)8-12/h4-5,8,10H,3,6-7H2,1-2H3,(H2,22,23,24,25)/t10-/m0/s1. The van der Waals surface area contributed by atoms with Crippen LogP contribution in [0.2, 0.25) is 5.02 Å². The Balaban J connectivity index is 1.73. The van der Waals surface area contributed by atoms with Gasteiger partial charge in [0.25, 0.3) is 5.91 Å². The molecule has 4 nitrogen and oxygen atoms in total. The van der Waals surface area contributed by atoms with Crippen LogP contribution in [0.25, 0.3) is 0 Å². The molecule has 1 aliphatic rings. The van der Waals surface area contributed by atoms with E-state index >= 15 is 0 Å². The van der Waals surface area contributed by atoms with Crippen LogP contribution in [-0.2, 0) is 12.8 Å². The average Bonchev–Trinajstić information content (AvgIpc) is 2.92. The molecule has 0 bridgehead atoms. The van der Waals surface area contributed by atoms with E-state index in [1.165, 1.54) is 4.88 Å². The van der Waals surface area contributed by atoms with Gasteiger partial charge in [-0.25, -0.2) is 0 Å². The highest BCUT2D eigenvalue weighted by atomic mass is 35.5. The lowest BCUT2D eigenvalue weighted by molar-refractivity contribution is 0.0977. The third-order valence-electron chi connectivity index (χ3n) is 4.51. The molecular formula is C19H18ClN3OS2. The molecule has 7 heteroatoms. The maximum atomic E-state index is 12.3. The lowest BCUT2D eigenvalue weighted by atomic mass is 9.89. The molecule has 3 rings (SSSR count). The zero-order chi connectivity index (χ0) is 18.8. The Morgan fingerprint density at radius 2 is 2.23 bits per heavy atom. The number of nitrogens with zero attached hydrogens (tertiary/aromatic N) is 1. The van der Waals surface area contributed by atoms with E-state index < -0.39 is 0 Å². The summed E-state index contributed by atoms with van der Waals surface area (Å²) in [5, 5.41) is 16.6. The van der Waals surface area contributed by atoms with Crippen molar-refractivity contribution >= 4 is 51.2 Å². The number of fused-ring (bicyclic) bond motifs is 1. The van der Waals surface area contributed by atoms with Gasteiger partial charge in [0.05, 0.1) is 5.56 Å². The zero-order valence-corrected chi connectivity index (χ0v) is 16.9. The number of amides is 1. The Labute approximate surface area is 167 Å². The van der Waals surface area contributed by atoms with Gasteiger partial charge in [-0.05, 0) is 67.6 Å². The zero-order valence-electron chi connectivity index (χ0n) is 14.5. The van der Waals surface area contributed by atoms with Crippen LogP contribution in [0, 0.1) is 24.2 Å². The van der Waals surface area contributed by atoms with E-state index in [1.807, 2.05) is 6.92 Å². The van der Waals surface area contributed by atoms with Gasteiger partial charge in [-0.3, -0.25) is 10.1 Å². The molecule has 0 fully saturated rings. The fourth-order valence-electron chi connectivity index (χ4n) is 3.00. The van der Waals surface area contributed by atoms with Crippen molar-refractivity contribution in [3.05, 3.63) is 50.4 Å². The molecule has 1 aromatic heterocycles. The molecule has 1 aromatic carbocycles. The van der Waals surface area contributed by atoms with E-state index in [0.29, 0.717) is 27.1 Å². The van der Waals surface area contributed by atoms with Gasteiger partial charge in [0, 0.05) is 15.5 Å². The van der Waals surface area contributed by atoms with Gasteiger partial charge in [0.15, 0.2) is 5.11 Å². The van der Waals surface area contributed by atoms with E-state index in [9.17, 15) is 10.1 Å². The van der Waals surface area contributed by atoms with Crippen LogP contribution in [-0.4, -0.2) is 11.0 Å². The number of hydrogen-bond donors (Lipinski definition) is 2. The third kappa shape index (κ3) is 3.90. The molecule has 0 radical (unpaired) electrons. The van der Waals surface area contributed by atoms with Gasteiger partial charge < -0.3 is 5.32 Å². The number of aryl methyl sites for hydroxylation is 1. The first kappa shape index (κ1) is 18.8. The minimum atomic E-state index is -0.335. The summed E-state index contributed by atoms with van der Waals surface area (Å²) in [6, 6.07) is 7.38. The number of hydrogen-bond acceptors (Lipinski definition) is 4. The van der Waals surface area contributed by atoms with E-state index in [2.05, 4.69) is 23.6 Å². The number of halogens is 1. The van der Waals surface area contributed by atoms with Gasteiger partial charge in [0.2, 0.25) is 0 Å². The van der Waals surface area contributed by atoms with Gasteiger partial charge in [-0.1, -0.05) is 24.6 Å². The van der Waals surface area contributed by atoms with Crippen LogP contribution in [0.15, 0.2) is 18.2 Å². The minimum absolute atomic E-state index is 0.176. The summed E-state index contributed by atoms with van der Waals surface area (Å²) >= 11 is 12.9. The SMILES string of the molecule is Cc1ccc(C(=O)NC(=S)Nc2sc3c(c2C#N)CC[C@H](C)C3)cc1Cl. The van der Waals surface area contributed by atoms with Crippen molar-refractivity contribution in [2.75, 3.05) is 5.32 Å². The summed E-state index contributed by atoms with van der Waals surface area (Å²) in [7, 11) is 0. The van der Waals surface area contributed by atoms with Crippen LogP contribution in [0.4, 0.5) is 5.00 Å². The molecule has 0 saturated heterocycles. The summed E-state index contributed by atoms with van der Waals surface area (Å²) in [6.07, 6.45) is 2.99. The van der Waals surface area contributed by atoms with Gasteiger partial charge in [0.1, 0.15) is 11.1 Å². The van der Waals surface area contributed by atoms with Gasteiger partial charge >= 0.3 is 0 Å². The molecule has 0 aliphatic heterocycles. The lowest BCUT2D eigenvalue weighted by Gasteiger charge is -2.17. The van der Waals surface area contributed by atoms with Crippen molar-refractivity contribution in [2.24, 2.45) is 5.92 Å². The Morgan fingerprint density at radius 1 is 1.46 bits per heavy atom. The van der Waals surface area contributed by atoms with E-state index in [1.54, 1.807) is 29.5 Å². The second-order valence-corrected chi connectivity index (χ2v) is 8.46. The first-order valence-electron chi connectivity index (χ1n) is 8.32. The molecule has 134 valence electrons.